The Hall–Kier alpha value is -1.42. The molecule has 4 nitrogen and oxygen atoms in total. The minimum Gasteiger partial charge on any atom is -0.346 e. The van der Waals surface area contributed by atoms with Gasteiger partial charge in [-0.3, -0.25) is 0 Å². The topological polar surface area (TPSA) is 67.6 Å². The molecule has 0 radical (unpaired) electrons. The van der Waals surface area contributed by atoms with Crippen molar-refractivity contribution in [2.24, 2.45) is 5.73 Å². The van der Waals surface area contributed by atoms with Gasteiger partial charge in [0, 0.05) is 23.9 Å². The Morgan fingerprint density at radius 3 is 2.83 bits per heavy atom. The molecule has 3 N–H and O–H groups in total. The summed E-state index contributed by atoms with van der Waals surface area (Å²) < 4.78 is 0. The van der Waals surface area contributed by atoms with E-state index >= 15 is 0 Å². The number of hydrogen-bond acceptors (Lipinski definition) is 3. The van der Waals surface area contributed by atoms with Crippen LogP contribution in [0.3, 0.4) is 0 Å². The van der Waals surface area contributed by atoms with Crippen LogP contribution in [0.5, 0.6) is 0 Å². The van der Waals surface area contributed by atoms with Gasteiger partial charge < -0.3 is 10.7 Å². The van der Waals surface area contributed by atoms with Gasteiger partial charge in [-0.2, -0.15) is 0 Å². The first-order valence-electron chi connectivity index (χ1n) is 6.92. The Morgan fingerprint density at radius 2 is 2.06 bits per heavy atom. The molecule has 0 atom stereocenters. The third kappa shape index (κ3) is 2.12. The van der Waals surface area contributed by atoms with Crippen LogP contribution >= 0.6 is 0 Å². The summed E-state index contributed by atoms with van der Waals surface area (Å²) in [5.74, 6) is 1.49. The summed E-state index contributed by atoms with van der Waals surface area (Å²) >= 11 is 0. The standard InChI is InChI=1S/C14H20N4/c15-8-6-12-17-13(10-4-2-1-3-5-10)11-7-9-16-14(11)18-12/h7,9-10H,1-6,8,15H2,(H,16,17,18). The lowest BCUT2D eigenvalue weighted by molar-refractivity contribution is 0.438. The van der Waals surface area contributed by atoms with Crippen LogP contribution in [0.1, 0.15) is 49.5 Å². The van der Waals surface area contributed by atoms with E-state index in [1.807, 2.05) is 6.20 Å². The van der Waals surface area contributed by atoms with Crippen molar-refractivity contribution in [2.75, 3.05) is 6.54 Å². The van der Waals surface area contributed by atoms with Gasteiger partial charge in [0.2, 0.25) is 0 Å². The van der Waals surface area contributed by atoms with Gasteiger partial charge in [-0.05, 0) is 25.5 Å². The predicted molar refractivity (Wildman–Crippen MR) is 72.5 cm³/mol. The van der Waals surface area contributed by atoms with Crippen LogP contribution < -0.4 is 5.73 Å². The molecule has 96 valence electrons. The van der Waals surface area contributed by atoms with Crippen LogP contribution in [0.25, 0.3) is 11.0 Å². The Kier molecular flexibility index (Phi) is 3.28. The number of nitrogens with two attached hydrogens (primary N) is 1. The van der Waals surface area contributed by atoms with Gasteiger partial charge in [-0.1, -0.05) is 19.3 Å². The van der Waals surface area contributed by atoms with Crippen LogP contribution in [0.15, 0.2) is 12.3 Å². The van der Waals surface area contributed by atoms with Gasteiger partial charge in [-0.15, -0.1) is 0 Å². The van der Waals surface area contributed by atoms with Crippen molar-refractivity contribution in [3.8, 4) is 0 Å². The van der Waals surface area contributed by atoms with Crippen LogP contribution in [-0.2, 0) is 6.42 Å². The summed E-state index contributed by atoms with van der Waals surface area (Å²) in [6, 6.07) is 2.10. The number of nitrogens with zero attached hydrogens (tertiary/aromatic N) is 2. The predicted octanol–water partition coefficient (Wildman–Crippen LogP) is 2.51. The number of aromatic amines is 1. The third-order valence-corrected chi connectivity index (χ3v) is 3.85. The number of H-pyrrole nitrogens is 1. The average Bonchev–Trinajstić information content (AvgIpc) is 2.87. The molecule has 0 bridgehead atoms. The highest BCUT2D eigenvalue weighted by Gasteiger charge is 2.20. The van der Waals surface area contributed by atoms with E-state index in [2.05, 4.69) is 16.0 Å². The summed E-state index contributed by atoms with van der Waals surface area (Å²) in [4.78, 5) is 12.5. The van der Waals surface area contributed by atoms with Crippen LogP contribution in [0.2, 0.25) is 0 Å². The van der Waals surface area contributed by atoms with E-state index in [0.717, 1.165) is 17.9 Å². The van der Waals surface area contributed by atoms with Crippen LogP contribution in [0.4, 0.5) is 0 Å². The fourth-order valence-corrected chi connectivity index (χ4v) is 2.94. The second-order valence-electron chi connectivity index (χ2n) is 5.14. The van der Waals surface area contributed by atoms with Crippen molar-refractivity contribution < 1.29 is 0 Å². The molecule has 4 heteroatoms. The number of nitrogens with one attached hydrogen (secondary N) is 1. The number of fused-ring (bicyclic) bond motifs is 1. The fourth-order valence-electron chi connectivity index (χ4n) is 2.94. The molecule has 0 spiro atoms. The van der Waals surface area contributed by atoms with Gasteiger partial charge in [0.15, 0.2) is 0 Å². The first kappa shape index (κ1) is 11.7. The molecule has 2 aromatic heterocycles. The summed E-state index contributed by atoms with van der Waals surface area (Å²) in [5.41, 5.74) is 7.83. The molecule has 0 unspecified atom stereocenters. The van der Waals surface area contributed by atoms with Gasteiger partial charge in [0.05, 0.1) is 5.69 Å². The molecular weight excluding hydrogens is 224 g/mol. The zero-order valence-electron chi connectivity index (χ0n) is 10.7. The second-order valence-corrected chi connectivity index (χ2v) is 5.14. The number of rotatable bonds is 3. The highest BCUT2D eigenvalue weighted by Crippen LogP contribution is 2.34. The van der Waals surface area contributed by atoms with Gasteiger partial charge in [0.1, 0.15) is 11.5 Å². The van der Waals surface area contributed by atoms with Crippen molar-refractivity contribution in [3.63, 3.8) is 0 Å². The molecule has 18 heavy (non-hydrogen) atoms. The Balaban J connectivity index is 2.03. The zero-order valence-corrected chi connectivity index (χ0v) is 10.7. The molecule has 1 saturated carbocycles. The fraction of sp³-hybridized carbons (Fsp3) is 0.571. The quantitative estimate of drug-likeness (QED) is 0.871. The number of hydrogen-bond donors (Lipinski definition) is 2. The molecule has 0 amide bonds. The highest BCUT2D eigenvalue weighted by atomic mass is 15.0. The second kappa shape index (κ2) is 5.06. The lowest BCUT2D eigenvalue weighted by Gasteiger charge is -2.22. The molecule has 2 aromatic rings. The van der Waals surface area contributed by atoms with Gasteiger partial charge in [0.25, 0.3) is 0 Å². The minimum absolute atomic E-state index is 0.607. The molecule has 0 saturated heterocycles. The van der Waals surface area contributed by atoms with E-state index in [1.165, 1.54) is 43.2 Å². The van der Waals surface area contributed by atoms with Crippen LogP contribution in [-0.4, -0.2) is 21.5 Å². The first-order valence-corrected chi connectivity index (χ1v) is 6.92. The Labute approximate surface area is 107 Å². The molecule has 0 aromatic carbocycles. The lowest BCUT2D eigenvalue weighted by Crippen LogP contribution is -2.12. The van der Waals surface area contributed by atoms with Crippen molar-refractivity contribution in [1.82, 2.24) is 15.0 Å². The maximum atomic E-state index is 5.62. The lowest BCUT2D eigenvalue weighted by atomic mass is 9.86. The first-order chi connectivity index (χ1) is 8.88. The molecule has 2 heterocycles. The Morgan fingerprint density at radius 1 is 1.22 bits per heavy atom. The maximum Gasteiger partial charge on any atom is 0.141 e. The number of aromatic nitrogens is 3. The average molecular weight is 244 g/mol. The van der Waals surface area contributed by atoms with Crippen molar-refractivity contribution in [3.05, 3.63) is 23.8 Å². The van der Waals surface area contributed by atoms with E-state index in [1.54, 1.807) is 0 Å². The van der Waals surface area contributed by atoms with Crippen molar-refractivity contribution in [2.45, 2.75) is 44.4 Å². The van der Waals surface area contributed by atoms with Crippen molar-refractivity contribution in [1.29, 1.82) is 0 Å². The van der Waals surface area contributed by atoms with E-state index in [9.17, 15) is 0 Å². The monoisotopic (exact) mass is 244 g/mol. The van der Waals surface area contributed by atoms with Gasteiger partial charge in [-0.25, -0.2) is 9.97 Å². The van der Waals surface area contributed by atoms with Crippen molar-refractivity contribution >= 4 is 11.0 Å². The van der Waals surface area contributed by atoms with E-state index in [-0.39, 0.29) is 0 Å². The molecule has 1 aliphatic carbocycles. The smallest absolute Gasteiger partial charge is 0.141 e. The Bertz CT molecular complexity index is 526. The summed E-state index contributed by atoms with van der Waals surface area (Å²) in [5, 5.41) is 1.20. The minimum atomic E-state index is 0.607. The van der Waals surface area contributed by atoms with E-state index < -0.39 is 0 Å². The normalized spacial score (nSPS) is 17.4. The molecule has 3 rings (SSSR count). The summed E-state index contributed by atoms with van der Waals surface area (Å²) in [6.07, 6.45) is 9.26. The maximum absolute atomic E-state index is 5.62. The molecular formula is C14H20N4. The molecule has 1 aliphatic rings. The molecule has 1 fully saturated rings. The van der Waals surface area contributed by atoms with E-state index in [4.69, 9.17) is 10.7 Å². The van der Waals surface area contributed by atoms with E-state index in [0.29, 0.717) is 12.5 Å². The third-order valence-electron chi connectivity index (χ3n) is 3.85. The summed E-state index contributed by atoms with van der Waals surface area (Å²) in [6.45, 7) is 0.607. The largest absolute Gasteiger partial charge is 0.346 e. The molecule has 0 aliphatic heterocycles. The SMILES string of the molecule is NCCc1nc(C2CCCCC2)c2cc[nH]c2n1. The zero-order chi connectivity index (χ0) is 12.4. The van der Waals surface area contributed by atoms with Crippen LogP contribution in [0, 0.1) is 0 Å². The summed E-state index contributed by atoms with van der Waals surface area (Å²) in [7, 11) is 0. The highest BCUT2D eigenvalue weighted by molar-refractivity contribution is 5.78. The van der Waals surface area contributed by atoms with Gasteiger partial charge >= 0.3 is 0 Å².